The van der Waals surface area contributed by atoms with E-state index in [4.69, 9.17) is 10.5 Å². The van der Waals surface area contributed by atoms with Crippen molar-refractivity contribution in [3.05, 3.63) is 65.6 Å². The van der Waals surface area contributed by atoms with Crippen LogP contribution in [0.4, 0.5) is 5.82 Å². The number of piperidine rings is 1. The number of nitrogen functional groups attached to an aromatic ring is 1. The molecule has 1 amide bonds. The van der Waals surface area contributed by atoms with E-state index in [-0.39, 0.29) is 11.3 Å². The molecule has 156 valence electrons. The summed E-state index contributed by atoms with van der Waals surface area (Å²) >= 11 is 0. The summed E-state index contributed by atoms with van der Waals surface area (Å²) in [5.74, 6) is 2.29. The minimum atomic E-state index is 0.0261. The van der Waals surface area contributed by atoms with Crippen LogP contribution < -0.4 is 10.5 Å². The SMILES string of the molecule is Cc1ncc2c(N)nc3ccc(C(=O)N4CCC5(CC4)COc4ccccc45)cc3n12. The molecule has 0 unspecified atom stereocenters. The molecule has 1 fully saturated rings. The number of anilines is 1. The van der Waals surface area contributed by atoms with Crippen molar-refractivity contribution in [2.24, 2.45) is 0 Å². The summed E-state index contributed by atoms with van der Waals surface area (Å²) in [6.07, 6.45) is 3.54. The molecule has 6 rings (SSSR count). The van der Waals surface area contributed by atoms with Crippen molar-refractivity contribution in [3.8, 4) is 5.75 Å². The molecule has 2 aliphatic rings. The van der Waals surface area contributed by atoms with Gasteiger partial charge >= 0.3 is 0 Å². The van der Waals surface area contributed by atoms with Gasteiger partial charge in [-0.1, -0.05) is 18.2 Å². The van der Waals surface area contributed by atoms with E-state index in [1.807, 2.05) is 46.6 Å². The number of amides is 1. The van der Waals surface area contributed by atoms with Gasteiger partial charge in [0.1, 0.15) is 22.9 Å². The van der Waals surface area contributed by atoms with Gasteiger partial charge in [-0.3, -0.25) is 9.20 Å². The van der Waals surface area contributed by atoms with Gasteiger partial charge in [0.2, 0.25) is 0 Å². The summed E-state index contributed by atoms with van der Waals surface area (Å²) in [5.41, 5.74) is 10.4. The molecule has 0 atom stereocenters. The lowest BCUT2D eigenvalue weighted by molar-refractivity contribution is 0.0646. The lowest BCUT2D eigenvalue weighted by atomic mass is 9.74. The van der Waals surface area contributed by atoms with Crippen molar-refractivity contribution in [2.75, 3.05) is 25.4 Å². The van der Waals surface area contributed by atoms with Crippen LogP contribution in [0.5, 0.6) is 5.75 Å². The highest BCUT2D eigenvalue weighted by Gasteiger charge is 2.43. The van der Waals surface area contributed by atoms with Crippen LogP contribution in [-0.2, 0) is 5.41 Å². The van der Waals surface area contributed by atoms with Gasteiger partial charge in [0.05, 0.1) is 23.8 Å². The third-order valence-electron chi connectivity index (χ3n) is 6.87. The van der Waals surface area contributed by atoms with Crippen LogP contribution in [0.25, 0.3) is 16.6 Å². The highest BCUT2D eigenvalue weighted by atomic mass is 16.5. The highest BCUT2D eigenvalue weighted by molar-refractivity contribution is 5.98. The maximum Gasteiger partial charge on any atom is 0.253 e. The van der Waals surface area contributed by atoms with Gasteiger partial charge in [-0.05, 0) is 44.0 Å². The molecule has 4 aromatic rings. The van der Waals surface area contributed by atoms with Crippen LogP contribution in [0.15, 0.2) is 48.7 Å². The van der Waals surface area contributed by atoms with Gasteiger partial charge < -0.3 is 15.4 Å². The minimum absolute atomic E-state index is 0.0261. The Morgan fingerprint density at radius 3 is 2.77 bits per heavy atom. The third-order valence-corrected chi connectivity index (χ3v) is 6.87. The Hall–Kier alpha value is -3.61. The molecule has 0 bridgehead atoms. The second kappa shape index (κ2) is 6.44. The quantitative estimate of drug-likeness (QED) is 0.517. The standard InChI is InChI=1S/C24H23N5O2/c1-15-26-13-20-22(25)27-18-7-6-16(12-19(18)29(15)20)23(30)28-10-8-24(9-11-28)14-31-21-5-3-2-4-17(21)24/h2-7,12-13H,8-11,14H2,1H3,(H2,25,27). The topological polar surface area (TPSA) is 85.8 Å². The number of imidazole rings is 1. The van der Waals surface area contributed by atoms with E-state index in [0.717, 1.165) is 41.0 Å². The fraction of sp³-hybridized carbons (Fsp3) is 0.292. The van der Waals surface area contributed by atoms with Crippen LogP contribution in [0, 0.1) is 6.92 Å². The maximum absolute atomic E-state index is 13.3. The molecular weight excluding hydrogens is 390 g/mol. The zero-order valence-corrected chi connectivity index (χ0v) is 17.3. The summed E-state index contributed by atoms with van der Waals surface area (Å²) in [6, 6.07) is 13.9. The van der Waals surface area contributed by atoms with Gasteiger partial charge in [0.25, 0.3) is 5.91 Å². The first-order valence-corrected chi connectivity index (χ1v) is 10.6. The molecule has 4 heterocycles. The maximum atomic E-state index is 13.3. The van der Waals surface area contributed by atoms with Crippen LogP contribution >= 0.6 is 0 Å². The second-order valence-corrected chi connectivity index (χ2v) is 8.58. The van der Waals surface area contributed by atoms with E-state index >= 15 is 0 Å². The van der Waals surface area contributed by atoms with E-state index in [2.05, 4.69) is 22.1 Å². The number of hydrogen-bond donors (Lipinski definition) is 1. The first-order valence-electron chi connectivity index (χ1n) is 10.6. The predicted molar refractivity (Wildman–Crippen MR) is 118 cm³/mol. The number of rotatable bonds is 1. The molecule has 7 nitrogen and oxygen atoms in total. The lowest BCUT2D eigenvalue weighted by Crippen LogP contribution is -2.46. The predicted octanol–water partition coefficient (Wildman–Crippen LogP) is 3.34. The summed E-state index contributed by atoms with van der Waals surface area (Å²) in [5, 5.41) is 0. The minimum Gasteiger partial charge on any atom is -0.492 e. The second-order valence-electron chi connectivity index (χ2n) is 8.58. The van der Waals surface area contributed by atoms with Gasteiger partial charge in [0.15, 0.2) is 0 Å². The number of nitrogens with zero attached hydrogens (tertiary/aromatic N) is 4. The molecule has 31 heavy (non-hydrogen) atoms. The zero-order valence-electron chi connectivity index (χ0n) is 17.3. The molecule has 1 spiro atoms. The van der Waals surface area contributed by atoms with Crippen molar-refractivity contribution in [2.45, 2.75) is 25.2 Å². The first-order chi connectivity index (χ1) is 15.1. The molecule has 1 saturated heterocycles. The number of para-hydroxylation sites is 1. The monoisotopic (exact) mass is 413 g/mol. The van der Waals surface area contributed by atoms with Crippen molar-refractivity contribution >= 4 is 28.3 Å². The lowest BCUT2D eigenvalue weighted by Gasteiger charge is -2.38. The molecule has 2 aliphatic heterocycles. The Morgan fingerprint density at radius 2 is 1.94 bits per heavy atom. The summed E-state index contributed by atoms with van der Waals surface area (Å²) in [4.78, 5) is 24.1. The molecule has 2 aromatic heterocycles. The van der Waals surface area contributed by atoms with Crippen molar-refractivity contribution in [3.63, 3.8) is 0 Å². The number of likely N-dealkylation sites (tertiary alicyclic amines) is 1. The Bertz CT molecular complexity index is 1350. The van der Waals surface area contributed by atoms with E-state index in [1.165, 1.54) is 5.56 Å². The number of nitrogens with two attached hydrogens (primary N) is 1. The Labute approximate surface area is 179 Å². The van der Waals surface area contributed by atoms with Gasteiger partial charge in [-0.25, -0.2) is 9.97 Å². The Kier molecular flexibility index (Phi) is 3.78. The average Bonchev–Trinajstić information content (AvgIpc) is 3.36. The fourth-order valence-electron chi connectivity index (χ4n) is 5.10. The summed E-state index contributed by atoms with van der Waals surface area (Å²) < 4.78 is 7.91. The normalized spacial score (nSPS) is 17.3. The Morgan fingerprint density at radius 1 is 1.13 bits per heavy atom. The summed E-state index contributed by atoms with van der Waals surface area (Å²) in [6.45, 7) is 4.06. The van der Waals surface area contributed by atoms with E-state index < -0.39 is 0 Å². The number of fused-ring (bicyclic) bond motifs is 5. The van der Waals surface area contributed by atoms with Crippen molar-refractivity contribution < 1.29 is 9.53 Å². The Balaban J connectivity index is 1.30. The molecule has 0 aliphatic carbocycles. The number of hydrogen-bond acceptors (Lipinski definition) is 5. The molecular formula is C24H23N5O2. The van der Waals surface area contributed by atoms with Crippen LogP contribution in [0.3, 0.4) is 0 Å². The number of ether oxygens (including phenoxy) is 1. The van der Waals surface area contributed by atoms with Crippen molar-refractivity contribution in [1.82, 2.24) is 19.3 Å². The number of aryl methyl sites for hydroxylation is 1. The largest absolute Gasteiger partial charge is 0.492 e. The van der Waals surface area contributed by atoms with Crippen LogP contribution in [-0.4, -0.2) is 44.9 Å². The molecule has 0 radical (unpaired) electrons. The molecule has 7 heteroatoms. The zero-order chi connectivity index (χ0) is 21.2. The highest BCUT2D eigenvalue weighted by Crippen LogP contribution is 2.45. The van der Waals surface area contributed by atoms with E-state index in [1.54, 1.807) is 6.20 Å². The number of benzene rings is 2. The van der Waals surface area contributed by atoms with E-state index in [0.29, 0.717) is 31.1 Å². The molecule has 2 aromatic carbocycles. The number of carbonyl (C=O) groups excluding carboxylic acids is 1. The molecule has 0 saturated carbocycles. The van der Waals surface area contributed by atoms with Crippen LogP contribution in [0.2, 0.25) is 0 Å². The number of carbonyl (C=O) groups is 1. The molecule has 2 N–H and O–H groups in total. The van der Waals surface area contributed by atoms with Crippen LogP contribution in [0.1, 0.15) is 34.6 Å². The van der Waals surface area contributed by atoms with Gasteiger partial charge in [0, 0.05) is 29.6 Å². The third kappa shape index (κ3) is 2.62. The van der Waals surface area contributed by atoms with Gasteiger partial charge in [-0.2, -0.15) is 0 Å². The fourth-order valence-corrected chi connectivity index (χ4v) is 5.10. The van der Waals surface area contributed by atoms with Gasteiger partial charge in [-0.15, -0.1) is 0 Å². The first kappa shape index (κ1) is 18.2. The smallest absolute Gasteiger partial charge is 0.253 e. The van der Waals surface area contributed by atoms with E-state index in [9.17, 15) is 4.79 Å². The number of aromatic nitrogens is 3. The summed E-state index contributed by atoms with van der Waals surface area (Å²) in [7, 11) is 0. The average molecular weight is 413 g/mol. The van der Waals surface area contributed by atoms with Crippen molar-refractivity contribution in [1.29, 1.82) is 0 Å².